The molecule has 4 heteroatoms. The van der Waals surface area contributed by atoms with Crippen molar-refractivity contribution in [2.45, 2.75) is 13.5 Å². The zero-order chi connectivity index (χ0) is 19.2. The molecule has 0 aliphatic rings. The number of hydrogen-bond donors (Lipinski definition) is 0. The summed E-state index contributed by atoms with van der Waals surface area (Å²) < 4.78 is 2.23. The fourth-order valence-electron chi connectivity index (χ4n) is 3.02. The van der Waals surface area contributed by atoms with E-state index in [-0.39, 0.29) is 0 Å². The lowest BCUT2D eigenvalue weighted by Gasteiger charge is -2.09. The maximum atomic E-state index is 4.59. The third-order valence-corrected chi connectivity index (χ3v) is 5.38. The molecule has 0 bridgehead atoms. The van der Waals surface area contributed by atoms with Gasteiger partial charge in [-0.25, -0.2) is 0 Å². The van der Waals surface area contributed by atoms with Crippen LogP contribution in [0.25, 0.3) is 11.3 Å². The van der Waals surface area contributed by atoms with E-state index >= 15 is 0 Å². The quantitative estimate of drug-likeness (QED) is 0.318. The van der Waals surface area contributed by atoms with E-state index in [9.17, 15) is 0 Å². The maximum Gasteiger partial charge on any atom is 0.211 e. The molecule has 0 spiro atoms. The molecular formula is C24H21N3S. The van der Waals surface area contributed by atoms with Crippen molar-refractivity contribution in [3.05, 3.63) is 112 Å². The first-order valence-corrected chi connectivity index (χ1v) is 10.1. The van der Waals surface area contributed by atoms with Crippen molar-refractivity contribution in [2.24, 2.45) is 10.2 Å². The summed E-state index contributed by atoms with van der Waals surface area (Å²) in [6.07, 6.45) is 0. The third-order valence-electron chi connectivity index (χ3n) is 4.53. The predicted molar refractivity (Wildman–Crippen MR) is 118 cm³/mol. The van der Waals surface area contributed by atoms with Crippen LogP contribution in [0.3, 0.4) is 0 Å². The first-order chi connectivity index (χ1) is 13.8. The summed E-state index contributed by atoms with van der Waals surface area (Å²) in [7, 11) is 0. The van der Waals surface area contributed by atoms with Gasteiger partial charge in [0, 0.05) is 5.38 Å². The van der Waals surface area contributed by atoms with Crippen LogP contribution in [0.1, 0.15) is 18.1 Å². The highest BCUT2D eigenvalue weighted by atomic mass is 32.1. The minimum Gasteiger partial charge on any atom is -0.311 e. The maximum absolute atomic E-state index is 4.59. The summed E-state index contributed by atoms with van der Waals surface area (Å²) in [5, 5.41) is 11.3. The molecule has 0 saturated carbocycles. The van der Waals surface area contributed by atoms with Gasteiger partial charge in [-0.2, -0.15) is 5.10 Å². The first kappa shape index (κ1) is 18.1. The average molecular weight is 384 g/mol. The van der Waals surface area contributed by atoms with Gasteiger partial charge in [0.05, 0.1) is 18.0 Å². The molecule has 0 radical (unpaired) electrons. The molecule has 0 N–H and O–H groups in total. The van der Waals surface area contributed by atoms with Crippen molar-refractivity contribution >= 4 is 17.0 Å². The molecule has 3 nitrogen and oxygen atoms in total. The topological polar surface area (TPSA) is 29.6 Å². The molecule has 4 rings (SSSR count). The van der Waals surface area contributed by atoms with Crippen LogP contribution in [-0.4, -0.2) is 10.3 Å². The van der Waals surface area contributed by atoms with Crippen LogP contribution >= 0.6 is 11.3 Å². The summed E-state index contributed by atoms with van der Waals surface area (Å²) in [4.78, 5) is 0.887. The lowest BCUT2D eigenvalue weighted by atomic mass is 10.1. The van der Waals surface area contributed by atoms with Crippen molar-refractivity contribution in [2.75, 3.05) is 0 Å². The molecule has 0 saturated heterocycles. The molecule has 0 unspecified atom stereocenters. The summed E-state index contributed by atoms with van der Waals surface area (Å²) in [5.74, 6) is 0. The largest absolute Gasteiger partial charge is 0.311 e. The van der Waals surface area contributed by atoms with Crippen molar-refractivity contribution in [1.82, 2.24) is 4.57 Å². The Morgan fingerprint density at radius 2 is 1.43 bits per heavy atom. The molecule has 3 aromatic carbocycles. The molecule has 0 amide bonds. The number of rotatable bonds is 5. The van der Waals surface area contributed by atoms with Gasteiger partial charge in [0.15, 0.2) is 0 Å². The SMILES string of the molecule is C/C(=N/N=c1/scc(-c2ccccc2)n1Cc1ccccc1)c1ccccc1. The van der Waals surface area contributed by atoms with Crippen LogP contribution < -0.4 is 4.80 Å². The summed E-state index contributed by atoms with van der Waals surface area (Å²) in [5.41, 5.74) is 5.56. The van der Waals surface area contributed by atoms with Crippen molar-refractivity contribution < 1.29 is 0 Å². The zero-order valence-corrected chi connectivity index (χ0v) is 16.5. The van der Waals surface area contributed by atoms with Crippen LogP contribution in [-0.2, 0) is 6.54 Å². The highest BCUT2D eigenvalue weighted by Gasteiger charge is 2.08. The number of nitrogens with zero attached hydrogens (tertiary/aromatic N) is 3. The van der Waals surface area contributed by atoms with Crippen molar-refractivity contribution in [3.63, 3.8) is 0 Å². The van der Waals surface area contributed by atoms with Gasteiger partial charge in [0.1, 0.15) is 0 Å². The number of benzene rings is 3. The van der Waals surface area contributed by atoms with Gasteiger partial charge in [-0.15, -0.1) is 16.4 Å². The smallest absolute Gasteiger partial charge is 0.211 e. The zero-order valence-electron chi connectivity index (χ0n) is 15.7. The molecule has 0 aliphatic carbocycles. The van der Waals surface area contributed by atoms with Gasteiger partial charge in [0.25, 0.3) is 0 Å². The number of thiazole rings is 1. The van der Waals surface area contributed by atoms with Crippen LogP contribution in [0.4, 0.5) is 0 Å². The highest BCUT2D eigenvalue weighted by Crippen LogP contribution is 2.20. The van der Waals surface area contributed by atoms with E-state index in [1.165, 1.54) is 11.1 Å². The van der Waals surface area contributed by atoms with E-state index in [4.69, 9.17) is 0 Å². The second-order valence-corrected chi connectivity index (χ2v) is 7.33. The molecule has 28 heavy (non-hydrogen) atoms. The minimum atomic E-state index is 0.757. The van der Waals surface area contributed by atoms with Crippen molar-refractivity contribution in [3.8, 4) is 11.3 Å². The van der Waals surface area contributed by atoms with E-state index in [1.54, 1.807) is 11.3 Å². The fraction of sp³-hybridized carbons (Fsp3) is 0.0833. The molecule has 0 atom stereocenters. The lowest BCUT2D eigenvalue weighted by molar-refractivity contribution is 0.768. The minimum absolute atomic E-state index is 0.757. The highest BCUT2D eigenvalue weighted by molar-refractivity contribution is 7.07. The van der Waals surface area contributed by atoms with E-state index in [1.807, 2.05) is 37.3 Å². The van der Waals surface area contributed by atoms with Gasteiger partial charge in [-0.3, -0.25) is 0 Å². The Morgan fingerprint density at radius 3 is 2.11 bits per heavy atom. The van der Waals surface area contributed by atoms with Gasteiger partial charge in [0.2, 0.25) is 4.80 Å². The Kier molecular flexibility index (Phi) is 5.59. The van der Waals surface area contributed by atoms with E-state index in [2.05, 4.69) is 80.8 Å². The summed E-state index contributed by atoms with van der Waals surface area (Å²) >= 11 is 1.62. The van der Waals surface area contributed by atoms with Gasteiger partial charge in [-0.1, -0.05) is 91.0 Å². The molecule has 0 fully saturated rings. The Balaban J connectivity index is 1.78. The van der Waals surface area contributed by atoms with Gasteiger partial charge in [-0.05, 0) is 23.6 Å². The second kappa shape index (κ2) is 8.63. The van der Waals surface area contributed by atoms with Crippen LogP contribution in [0.15, 0.2) is 107 Å². The molecule has 1 aromatic heterocycles. The Morgan fingerprint density at radius 1 is 0.821 bits per heavy atom. The lowest BCUT2D eigenvalue weighted by Crippen LogP contribution is -2.16. The Labute approximate surface area is 169 Å². The fourth-order valence-corrected chi connectivity index (χ4v) is 3.88. The summed E-state index contributed by atoms with van der Waals surface area (Å²) in [6, 6.07) is 31.0. The van der Waals surface area contributed by atoms with E-state index in [0.717, 1.165) is 28.3 Å². The monoisotopic (exact) mass is 383 g/mol. The predicted octanol–water partition coefficient (Wildman–Crippen LogP) is 5.59. The Bertz CT molecular complexity index is 1120. The Hall–Kier alpha value is -3.24. The standard InChI is InChI=1S/C24H21N3S/c1-19(21-13-7-3-8-14-21)25-26-24-27(17-20-11-5-2-6-12-20)23(18-28-24)22-15-9-4-10-16-22/h2-16,18H,17H2,1H3/b25-19-,26-24+. The van der Waals surface area contributed by atoms with Crippen LogP contribution in [0, 0.1) is 0 Å². The summed E-state index contributed by atoms with van der Waals surface area (Å²) in [6.45, 7) is 2.75. The third kappa shape index (κ3) is 4.18. The molecular weight excluding hydrogens is 362 g/mol. The van der Waals surface area contributed by atoms with Crippen LogP contribution in [0.2, 0.25) is 0 Å². The van der Waals surface area contributed by atoms with Crippen molar-refractivity contribution in [1.29, 1.82) is 0 Å². The van der Waals surface area contributed by atoms with E-state index in [0.29, 0.717) is 0 Å². The van der Waals surface area contributed by atoms with Gasteiger partial charge >= 0.3 is 0 Å². The second-order valence-electron chi connectivity index (χ2n) is 6.49. The average Bonchev–Trinajstić information content (AvgIpc) is 3.16. The number of hydrogen-bond acceptors (Lipinski definition) is 3. The first-order valence-electron chi connectivity index (χ1n) is 9.22. The van der Waals surface area contributed by atoms with E-state index < -0.39 is 0 Å². The molecule has 138 valence electrons. The van der Waals surface area contributed by atoms with Gasteiger partial charge < -0.3 is 4.57 Å². The normalized spacial score (nSPS) is 12.3. The molecule has 0 aliphatic heterocycles. The number of aromatic nitrogens is 1. The van der Waals surface area contributed by atoms with Crippen LogP contribution in [0.5, 0.6) is 0 Å². The molecule has 4 aromatic rings. The molecule has 1 heterocycles.